The zero-order chi connectivity index (χ0) is 16.5. The summed E-state index contributed by atoms with van der Waals surface area (Å²) >= 11 is 2.48. The Morgan fingerprint density at radius 3 is 1.87 bits per heavy atom. The number of rotatable bonds is 8. The van der Waals surface area contributed by atoms with E-state index in [1.54, 1.807) is 0 Å². The van der Waals surface area contributed by atoms with Crippen LogP contribution in [0.15, 0.2) is 66.7 Å². The molecule has 0 saturated heterocycles. The highest BCUT2D eigenvalue weighted by Crippen LogP contribution is 2.24. The van der Waals surface area contributed by atoms with Gasteiger partial charge in [0.05, 0.1) is 20.6 Å². The Kier molecular flexibility index (Phi) is 7.31. The van der Waals surface area contributed by atoms with Crippen molar-refractivity contribution in [1.29, 1.82) is 0 Å². The minimum Gasteiger partial charge on any atom is -0.320 e. The molecular weight excluding hydrogens is 393 g/mol. The van der Waals surface area contributed by atoms with Crippen molar-refractivity contribution in [3.63, 3.8) is 0 Å². The molecule has 2 heteroatoms. The summed E-state index contributed by atoms with van der Waals surface area (Å²) in [6, 6.07) is 21.4. The van der Waals surface area contributed by atoms with E-state index in [9.17, 15) is 0 Å². The number of benzene rings is 2. The van der Waals surface area contributed by atoms with E-state index in [0.29, 0.717) is 0 Å². The van der Waals surface area contributed by atoms with Gasteiger partial charge in [0.15, 0.2) is 0 Å². The molecule has 23 heavy (non-hydrogen) atoms. The summed E-state index contributed by atoms with van der Waals surface area (Å²) in [7, 11) is 4.61. The molecule has 2 rings (SSSR count). The molecule has 0 aliphatic rings. The van der Waals surface area contributed by atoms with Crippen molar-refractivity contribution in [3.8, 4) is 0 Å². The van der Waals surface area contributed by atoms with Gasteiger partial charge in [-0.15, -0.1) is 0 Å². The van der Waals surface area contributed by atoms with Crippen molar-refractivity contribution < 1.29 is 4.48 Å². The van der Waals surface area contributed by atoms with E-state index in [0.717, 1.165) is 10.9 Å². The standard InChI is InChI=1S/C21H27IN/c1-23(2,18-22)17-11-5-10-16-21(19-12-6-3-7-13-19)20-14-8-4-9-15-20/h3-4,6-9,12-16H,5,10-11,17-18H2,1-2H3/q+1. The lowest BCUT2D eigenvalue weighted by Crippen LogP contribution is -2.38. The van der Waals surface area contributed by atoms with Crippen LogP contribution in [0.4, 0.5) is 0 Å². The number of alkyl halides is 1. The molecule has 0 aliphatic carbocycles. The molecule has 0 unspecified atom stereocenters. The van der Waals surface area contributed by atoms with Crippen LogP contribution in [-0.2, 0) is 0 Å². The number of halogens is 1. The van der Waals surface area contributed by atoms with Crippen LogP contribution >= 0.6 is 22.6 Å². The topological polar surface area (TPSA) is 0 Å². The number of nitrogens with zero attached hydrogens (tertiary/aromatic N) is 1. The Morgan fingerprint density at radius 2 is 1.39 bits per heavy atom. The molecule has 0 aliphatic heterocycles. The molecule has 0 bridgehead atoms. The van der Waals surface area contributed by atoms with Gasteiger partial charge in [-0.3, -0.25) is 0 Å². The molecule has 0 spiro atoms. The predicted octanol–water partition coefficient (Wildman–Crippen LogP) is 5.76. The third-order valence-electron chi connectivity index (χ3n) is 4.06. The maximum atomic E-state index is 2.48. The number of hydrogen-bond acceptors (Lipinski definition) is 0. The van der Waals surface area contributed by atoms with Gasteiger partial charge in [0.1, 0.15) is 4.55 Å². The fourth-order valence-corrected chi connectivity index (χ4v) is 2.97. The molecule has 2 aromatic carbocycles. The van der Waals surface area contributed by atoms with Gasteiger partial charge in [0.25, 0.3) is 0 Å². The maximum absolute atomic E-state index is 2.48. The van der Waals surface area contributed by atoms with E-state index in [-0.39, 0.29) is 0 Å². The summed E-state index contributed by atoms with van der Waals surface area (Å²) in [5.74, 6) is 0. The van der Waals surface area contributed by atoms with E-state index in [1.807, 2.05) is 0 Å². The summed E-state index contributed by atoms with van der Waals surface area (Å²) in [6.45, 7) is 1.25. The van der Waals surface area contributed by atoms with Crippen LogP contribution in [0.3, 0.4) is 0 Å². The lowest BCUT2D eigenvalue weighted by atomic mass is 9.96. The van der Waals surface area contributed by atoms with Crippen molar-refractivity contribution in [2.24, 2.45) is 0 Å². The van der Waals surface area contributed by atoms with Crippen molar-refractivity contribution >= 4 is 28.2 Å². The van der Waals surface area contributed by atoms with Gasteiger partial charge in [-0.2, -0.15) is 0 Å². The van der Waals surface area contributed by atoms with Crippen LogP contribution in [0.1, 0.15) is 30.4 Å². The molecular formula is C21H27IN+. The summed E-state index contributed by atoms with van der Waals surface area (Å²) in [6.07, 6.45) is 6.08. The van der Waals surface area contributed by atoms with Gasteiger partial charge in [0.2, 0.25) is 0 Å². The molecule has 0 saturated carbocycles. The molecule has 0 aromatic heterocycles. The Labute approximate surface area is 154 Å². The summed E-state index contributed by atoms with van der Waals surface area (Å²) < 4.78 is 2.28. The number of quaternary nitrogens is 1. The minimum absolute atomic E-state index is 1.11. The van der Waals surface area contributed by atoms with Crippen molar-refractivity contribution in [2.75, 3.05) is 25.2 Å². The van der Waals surface area contributed by atoms with Gasteiger partial charge in [0, 0.05) is 0 Å². The first-order valence-electron chi connectivity index (χ1n) is 8.31. The molecule has 122 valence electrons. The van der Waals surface area contributed by atoms with Gasteiger partial charge in [-0.1, -0.05) is 66.7 Å². The average Bonchev–Trinajstić information content (AvgIpc) is 2.59. The van der Waals surface area contributed by atoms with E-state index < -0.39 is 0 Å². The molecule has 0 N–H and O–H groups in total. The van der Waals surface area contributed by atoms with Crippen LogP contribution in [0.2, 0.25) is 0 Å². The highest BCUT2D eigenvalue weighted by atomic mass is 127. The Hall–Kier alpha value is -1.13. The molecule has 0 fully saturated rings. The van der Waals surface area contributed by atoms with Crippen LogP contribution in [0.5, 0.6) is 0 Å². The van der Waals surface area contributed by atoms with Crippen molar-refractivity contribution in [1.82, 2.24) is 0 Å². The average molecular weight is 420 g/mol. The molecule has 0 heterocycles. The maximum Gasteiger partial charge on any atom is 0.129 e. The van der Waals surface area contributed by atoms with E-state index in [1.165, 1.54) is 40.6 Å². The Balaban J connectivity index is 2.04. The fourth-order valence-electron chi connectivity index (χ4n) is 2.63. The van der Waals surface area contributed by atoms with E-state index in [4.69, 9.17) is 0 Å². The van der Waals surface area contributed by atoms with Crippen LogP contribution in [0, 0.1) is 0 Å². The SMILES string of the molecule is C[N+](C)(CI)CCCCC=C(c1ccccc1)c1ccccc1. The van der Waals surface area contributed by atoms with Gasteiger partial charge >= 0.3 is 0 Å². The van der Waals surface area contributed by atoms with Crippen LogP contribution in [-0.4, -0.2) is 29.7 Å². The summed E-state index contributed by atoms with van der Waals surface area (Å²) in [5.41, 5.74) is 3.97. The van der Waals surface area contributed by atoms with Crippen LogP contribution < -0.4 is 0 Å². The monoisotopic (exact) mass is 420 g/mol. The molecule has 0 radical (unpaired) electrons. The zero-order valence-corrected chi connectivity index (χ0v) is 16.4. The molecule has 2 aromatic rings. The third-order valence-corrected chi connectivity index (χ3v) is 5.91. The second-order valence-electron chi connectivity index (χ2n) is 6.62. The number of unbranched alkanes of at least 4 members (excludes halogenated alkanes) is 2. The first kappa shape index (κ1) is 18.2. The lowest BCUT2D eigenvalue weighted by molar-refractivity contribution is -0.874. The van der Waals surface area contributed by atoms with Gasteiger partial charge in [-0.25, -0.2) is 0 Å². The van der Waals surface area contributed by atoms with Crippen molar-refractivity contribution in [3.05, 3.63) is 77.9 Å². The number of allylic oxidation sites excluding steroid dienone is 1. The predicted molar refractivity (Wildman–Crippen MR) is 110 cm³/mol. The third kappa shape index (κ3) is 6.11. The summed E-state index contributed by atoms with van der Waals surface area (Å²) in [5, 5.41) is 0. The van der Waals surface area contributed by atoms with Crippen molar-refractivity contribution in [2.45, 2.75) is 19.3 Å². The molecule has 0 amide bonds. The lowest BCUT2D eigenvalue weighted by Gasteiger charge is -2.26. The first-order chi connectivity index (χ1) is 11.1. The number of hydrogen-bond donors (Lipinski definition) is 0. The second-order valence-corrected chi connectivity index (χ2v) is 7.31. The zero-order valence-electron chi connectivity index (χ0n) is 14.2. The molecule has 1 nitrogen and oxygen atoms in total. The largest absolute Gasteiger partial charge is 0.320 e. The highest BCUT2D eigenvalue weighted by molar-refractivity contribution is 14.1. The van der Waals surface area contributed by atoms with Crippen LogP contribution in [0.25, 0.3) is 5.57 Å². The fraction of sp³-hybridized carbons (Fsp3) is 0.333. The first-order valence-corrected chi connectivity index (χ1v) is 9.84. The Morgan fingerprint density at radius 1 is 0.870 bits per heavy atom. The Bertz CT molecular complexity index is 561. The summed E-state index contributed by atoms with van der Waals surface area (Å²) in [4.78, 5) is 0. The van der Waals surface area contributed by atoms with Gasteiger partial charge in [-0.05, 0) is 58.6 Å². The smallest absolute Gasteiger partial charge is 0.129 e. The quantitative estimate of drug-likeness (QED) is 0.168. The van der Waals surface area contributed by atoms with Gasteiger partial charge < -0.3 is 4.48 Å². The second kappa shape index (κ2) is 9.24. The van der Waals surface area contributed by atoms with E-state index in [2.05, 4.69) is 103 Å². The normalized spacial score (nSPS) is 11.3. The van der Waals surface area contributed by atoms with E-state index >= 15 is 0 Å². The minimum atomic E-state index is 1.11. The highest BCUT2D eigenvalue weighted by Gasteiger charge is 2.11. The molecule has 0 atom stereocenters.